The number of aryl methyl sites for hydroxylation is 1. The Labute approximate surface area is 140 Å². The molecule has 0 aliphatic rings. The molecular weight excluding hydrogens is 330 g/mol. The van der Waals surface area contributed by atoms with Crippen LogP contribution in [0.3, 0.4) is 0 Å². The first-order chi connectivity index (χ1) is 11.4. The van der Waals surface area contributed by atoms with Crippen LogP contribution in [0, 0.1) is 0 Å². The zero-order chi connectivity index (χ0) is 17.6. The first-order valence-electron chi connectivity index (χ1n) is 7.42. The Morgan fingerprint density at radius 1 is 1.12 bits per heavy atom. The van der Waals surface area contributed by atoms with Crippen LogP contribution in [-0.2, 0) is 21.2 Å². The maximum atomic E-state index is 12.2. The Morgan fingerprint density at radius 2 is 1.83 bits per heavy atom. The second kappa shape index (κ2) is 7.78. The number of nitrogen functional groups attached to an aromatic ring is 1. The molecule has 128 valence electrons. The lowest BCUT2D eigenvalue weighted by molar-refractivity contribution is -0.137. The molecule has 0 unspecified atom stereocenters. The second-order valence-corrected chi connectivity index (χ2v) is 7.01. The molecular formula is C16H19N3O4S. The fourth-order valence-electron chi connectivity index (χ4n) is 2.08. The smallest absolute Gasteiger partial charge is 0.303 e. The molecule has 0 saturated carbocycles. The monoisotopic (exact) mass is 349 g/mol. The average molecular weight is 349 g/mol. The van der Waals surface area contributed by atoms with Crippen molar-refractivity contribution in [2.45, 2.75) is 30.6 Å². The topological polar surface area (TPSA) is 122 Å². The molecule has 4 N–H and O–H groups in total. The number of nitrogens with zero attached hydrogens (tertiary/aromatic N) is 1. The summed E-state index contributed by atoms with van der Waals surface area (Å²) in [4.78, 5) is 14.6. The highest BCUT2D eigenvalue weighted by atomic mass is 32.2. The van der Waals surface area contributed by atoms with Crippen molar-refractivity contribution in [2.24, 2.45) is 0 Å². The fraction of sp³-hybridized carbons (Fsp3) is 0.250. The predicted molar refractivity (Wildman–Crippen MR) is 91.1 cm³/mol. The van der Waals surface area contributed by atoms with E-state index in [2.05, 4.69) is 9.71 Å². The molecule has 0 spiro atoms. The molecule has 0 fully saturated rings. The quantitative estimate of drug-likeness (QED) is 0.496. The molecule has 1 aromatic carbocycles. The number of unbranched alkanes of at least 4 members (excludes halogenated alkanes) is 1. The van der Waals surface area contributed by atoms with Gasteiger partial charge in [0, 0.05) is 18.3 Å². The minimum absolute atomic E-state index is 0.108. The van der Waals surface area contributed by atoms with E-state index >= 15 is 0 Å². The summed E-state index contributed by atoms with van der Waals surface area (Å²) in [6.45, 7) is 0. The van der Waals surface area contributed by atoms with Gasteiger partial charge < -0.3 is 10.8 Å². The van der Waals surface area contributed by atoms with Crippen LogP contribution in [0.15, 0.2) is 47.5 Å². The van der Waals surface area contributed by atoms with Crippen LogP contribution in [0.2, 0.25) is 0 Å². The molecule has 0 saturated heterocycles. The van der Waals surface area contributed by atoms with Gasteiger partial charge in [-0.2, -0.15) is 0 Å². The number of aromatic nitrogens is 1. The third-order valence-electron chi connectivity index (χ3n) is 3.36. The van der Waals surface area contributed by atoms with Crippen LogP contribution < -0.4 is 10.5 Å². The van der Waals surface area contributed by atoms with Crippen LogP contribution >= 0.6 is 0 Å². The van der Waals surface area contributed by atoms with Crippen molar-refractivity contribution < 1.29 is 18.3 Å². The molecule has 1 aromatic heterocycles. The van der Waals surface area contributed by atoms with E-state index in [9.17, 15) is 13.2 Å². The highest BCUT2D eigenvalue weighted by Gasteiger charge is 2.14. The highest BCUT2D eigenvalue weighted by molar-refractivity contribution is 7.92. The predicted octanol–water partition coefficient (Wildman–Crippen LogP) is 2.26. The number of carbonyl (C=O) groups is 1. The molecule has 0 radical (unpaired) electrons. The van der Waals surface area contributed by atoms with E-state index in [1.165, 1.54) is 24.3 Å². The normalized spacial score (nSPS) is 11.2. The van der Waals surface area contributed by atoms with E-state index in [4.69, 9.17) is 10.8 Å². The van der Waals surface area contributed by atoms with Crippen molar-refractivity contribution in [1.82, 2.24) is 4.98 Å². The number of hydrogen-bond donors (Lipinski definition) is 3. The van der Waals surface area contributed by atoms with Gasteiger partial charge in [0.25, 0.3) is 10.0 Å². The molecule has 0 aliphatic heterocycles. The number of rotatable bonds is 8. The minimum atomic E-state index is -3.71. The average Bonchev–Trinajstić information content (AvgIpc) is 2.53. The van der Waals surface area contributed by atoms with Gasteiger partial charge in [-0.05, 0) is 55.2 Å². The molecule has 2 rings (SSSR count). The first kappa shape index (κ1) is 17.7. The Bertz CT molecular complexity index is 787. The summed E-state index contributed by atoms with van der Waals surface area (Å²) in [6.07, 6.45) is 3.77. The minimum Gasteiger partial charge on any atom is -0.481 e. The standard InChI is InChI=1S/C16H19N3O4S/c17-13-6-8-14(9-7-13)24(22,23)19-15-10-5-12(11-18-15)3-1-2-4-16(20)21/h5-11H,1-4,17H2,(H,18,19)(H,20,21). The van der Waals surface area contributed by atoms with Gasteiger partial charge in [0.2, 0.25) is 0 Å². The summed E-state index contributed by atoms with van der Waals surface area (Å²) in [7, 11) is -3.71. The number of benzene rings is 1. The largest absolute Gasteiger partial charge is 0.481 e. The molecule has 1 heterocycles. The van der Waals surface area contributed by atoms with Crippen LogP contribution in [0.1, 0.15) is 24.8 Å². The van der Waals surface area contributed by atoms with E-state index in [0.29, 0.717) is 18.5 Å². The highest BCUT2D eigenvalue weighted by Crippen LogP contribution is 2.16. The van der Waals surface area contributed by atoms with E-state index < -0.39 is 16.0 Å². The number of carboxylic acid groups (broad SMARTS) is 1. The zero-order valence-corrected chi connectivity index (χ0v) is 13.8. The van der Waals surface area contributed by atoms with E-state index in [0.717, 1.165) is 12.0 Å². The van der Waals surface area contributed by atoms with Crippen molar-refractivity contribution in [3.8, 4) is 0 Å². The van der Waals surface area contributed by atoms with Crippen molar-refractivity contribution >= 4 is 27.5 Å². The fourth-order valence-corrected chi connectivity index (χ4v) is 3.09. The number of hydrogen-bond acceptors (Lipinski definition) is 5. The molecule has 0 aliphatic carbocycles. The lowest BCUT2D eigenvalue weighted by Gasteiger charge is -2.08. The number of aliphatic carboxylic acids is 1. The SMILES string of the molecule is Nc1ccc(S(=O)(=O)Nc2ccc(CCCCC(=O)O)cn2)cc1. The lowest BCUT2D eigenvalue weighted by atomic mass is 10.1. The van der Waals surface area contributed by atoms with Crippen LogP contribution in [0.4, 0.5) is 11.5 Å². The lowest BCUT2D eigenvalue weighted by Crippen LogP contribution is -2.14. The Balaban J connectivity index is 1.95. The van der Waals surface area contributed by atoms with Crippen molar-refractivity contribution in [1.29, 1.82) is 0 Å². The van der Waals surface area contributed by atoms with Gasteiger partial charge in [-0.3, -0.25) is 9.52 Å². The number of nitrogens with one attached hydrogen (secondary N) is 1. The first-order valence-corrected chi connectivity index (χ1v) is 8.90. The van der Waals surface area contributed by atoms with Crippen LogP contribution in [0.5, 0.6) is 0 Å². The number of pyridine rings is 1. The summed E-state index contributed by atoms with van der Waals surface area (Å²) in [6, 6.07) is 9.24. The van der Waals surface area contributed by atoms with E-state index in [1.54, 1.807) is 18.3 Å². The maximum absolute atomic E-state index is 12.2. The number of anilines is 2. The van der Waals surface area contributed by atoms with E-state index in [-0.39, 0.29) is 17.1 Å². The van der Waals surface area contributed by atoms with Gasteiger partial charge >= 0.3 is 5.97 Å². The third-order valence-corrected chi connectivity index (χ3v) is 4.73. The molecule has 0 amide bonds. The zero-order valence-electron chi connectivity index (χ0n) is 13.0. The Kier molecular flexibility index (Phi) is 5.75. The van der Waals surface area contributed by atoms with Gasteiger partial charge in [-0.1, -0.05) is 6.07 Å². The van der Waals surface area contributed by atoms with Gasteiger partial charge in [0.1, 0.15) is 5.82 Å². The number of nitrogens with two attached hydrogens (primary N) is 1. The summed E-state index contributed by atoms with van der Waals surface area (Å²) in [5.74, 6) is -0.582. The van der Waals surface area contributed by atoms with Crippen molar-refractivity contribution in [2.75, 3.05) is 10.5 Å². The Morgan fingerprint density at radius 3 is 2.42 bits per heavy atom. The van der Waals surface area contributed by atoms with Gasteiger partial charge in [-0.15, -0.1) is 0 Å². The number of sulfonamides is 1. The van der Waals surface area contributed by atoms with Crippen LogP contribution in [0.25, 0.3) is 0 Å². The maximum Gasteiger partial charge on any atom is 0.303 e. The molecule has 7 nitrogen and oxygen atoms in total. The summed E-state index contributed by atoms with van der Waals surface area (Å²) >= 11 is 0. The third kappa shape index (κ3) is 5.24. The second-order valence-electron chi connectivity index (χ2n) is 5.33. The van der Waals surface area contributed by atoms with Gasteiger partial charge in [-0.25, -0.2) is 13.4 Å². The summed E-state index contributed by atoms with van der Waals surface area (Å²) in [5.41, 5.74) is 6.96. The molecule has 0 atom stereocenters. The molecule has 24 heavy (non-hydrogen) atoms. The van der Waals surface area contributed by atoms with Crippen molar-refractivity contribution in [3.63, 3.8) is 0 Å². The Hall–Kier alpha value is -2.61. The summed E-state index contributed by atoms with van der Waals surface area (Å²) in [5, 5.41) is 8.58. The van der Waals surface area contributed by atoms with Crippen LogP contribution in [-0.4, -0.2) is 24.5 Å². The van der Waals surface area contributed by atoms with Gasteiger partial charge in [0.05, 0.1) is 4.90 Å². The van der Waals surface area contributed by atoms with Crippen molar-refractivity contribution in [3.05, 3.63) is 48.2 Å². The molecule has 8 heteroatoms. The molecule has 2 aromatic rings. The van der Waals surface area contributed by atoms with E-state index in [1.807, 2.05) is 0 Å². The number of carboxylic acids is 1. The summed E-state index contributed by atoms with van der Waals surface area (Å²) < 4.78 is 26.9. The van der Waals surface area contributed by atoms with Gasteiger partial charge in [0.15, 0.2) is 0 Å². The molecule has 0 bridgehead atoms.